The van der Waals surface area contributed by atoms with Crippen LogP contribution in [-0.2, 0) is 9.47 Å². The number of nitrogens with one attached hydrogen (secondary N) is 2. The van der Waals surface area contributed by atoms with Crippen LogP contribution in [0.25, 0.3) is 0 Å². The number of hydrogen-bond donors (Lipinski definition) is 2. The number of halogens is 1. The molecule has 0 radical (unpaired) electrons. The van der Waals surface area contributed by atoms with Crippen LogP contribution in [0.4, 0.5) is 0 Å². The predicted molar refractivity (Wildman–Crippen MR) is 107 cm³/mol. The highest BCUT2D eigenvalue weighted by Gasteiger charge is 2.16. The van der Waals surface area contributed by atoms with E-state index in [1.807, 2.05) is 0 Å². The Morgan fingerprint density at radius 3 is 2.61 bits per heavy atom. The zero-order valence-electron chi connectivity index (χ0n) is 15.0. The fourth-order valence-corrected chi connectivity index (χ4v) is 2.29. The first-order valence-corrected chi connectivity index (χ1v) is 8.69. The zero-order valence-corrected chi connectivity index (χ0v) is 17.3. The lowest BCUT2D eigenvalue weighted by Gasteiger charge is -2.31. The van der Waals surface area contributed by atoms with Gasteiger partial charge >= 0.3 is 0 Å². The van der Waals surface area contributed by atoms with Crippen LogP contribution in [0.2, 0.25) is 0 Å². The number of nitrogens with zero attached hydrogens (tertiary/aromatic N) is 2. The van der Waals surface area contributed by atoms with Crippen LogP contribution in [0.15, 0.2) is 4.99 Å². The summed E-state index contributed by atoms with van der Waals surface area (Å²) in [5, 5.41) is 6.61. The monoisotopic (exact) mass is 442 g/mol. The second-order valence-electron chi connectivity index (χ2n) is 5.61. The summed E-state index contributed by atoms with van der Waals surface area (Å²) in [7, 11) is 0. The third kappa shape index (κ3) is 11.1. The average molecular weight is 442 g/mol. The maximum atomic E-state index is 5.56. The van der Waals surface area contributed by atoms with Crippen LogP contribution in [-0.4, -0.2) is 76.1 Å². The molecule has 2 N–H and O–H groups in total. The minimum absolute atomic E-state index is 0. The lowest BCUT2D eigenvalue weighted by molar-refractivity contribution is 0.0220. The van der Waals surface area contributed by atoms with Crippen molar-refractivity contribution in [1.82, 2.24) is 15.5 Å². The van der Waals surface area contributed by atoms with E-state index in [1.165, 1.54) is 6.42 Å². The molecule has 0 amide bonds. The van der Waals surface area contributed by atoms with Crippen molar-refractivity contribution in [3.8, 4) is 0 Å². The van der Waals surface area contributed by atoms with Gasteiger partial charge in [-0.15, -0.1) is 24.0 Å². The molecule has 1 unspecified atom stereocenters. The molecule has 1 aliphatic heterocycles. The molecule has 1 fully saturated rings. The van der Waals surface area contributed by atoms with Crippen LogP contribution in [0.3, 0.4) is 0 Å². The molecule has 0 aliphatic carbocycles. The normalized spacial score (nSPS) is 17.4. The number of ether oxygens (including phenoxy) is 2. The lowest BCUT2D eigenvalue weighted by Crippen LogP contribution is -2.44. The Hall–Kier alpha value is -0.120. The van der Waals surface area contributed by atoms with Gasteiger partial charge < -0.3 is 20.1 Å². The van der Waals surface area contributed by atoms with Crippen molar-refractivity contribution in [3.63, 3.8) is 0 Å². The zero-order chi connectivity index (χ0) is 16.0. The van der Waals surface area contributed by atoms with Crippen LogP contribution in [0.5, 0.6) is 0 Å². The Bertz CT molecular complexity index is 300. The van der Waals surface area contributed by atoms with E-state index in [2.05, 4.69) is 41.3 Å². The maximum Gasteiger partial charge on any atom is 0.191 e. The molecule has 1 atom stereocenters. The Balaban J connectivity index is 0.00000484. The van der Waals surface area contributed by atoms with Gasteiger partial charge in [0.25, 0.3) is 0 Å². The largest absolute Gasteiger partial charge is 0.380 e. The van der Waals surface area contributed by atoms with Crippen LogP contribution in [0, 0.1) is 0 Å². The Morgan fingerprint density at radius 2 is 1.96 bits per heavy atom. The fourth-order valence-electron chi connectivity index (χ4n) is 2.29. The van der Waals surface area contributed by atoms with Crippen molar-refractivity contribution in [1.29, 1.82) is 0 Å². The van der Waals surface area contributed by atoms with Gasteiger partial charge in [0.2, 0.25) is 0 Å². The van der Waals surface area contributed by atoms with Gasteiger partial charge in [-0.2, -0.15) is 0 Å². The molecule has 1 heterocycles. The van der Waals surface area contributed by atoms with E-state index in [9.17, 15) is 0 Å². The van der Waals surface area contributed by atoms with E-state index < -0.39 is 0 Å². The second-order valence-corrected chi connectivity index (χ2v) is 5.61. The summed E-state index contributed by atoms with van der Waals surface area (Å²) >= 11 is 0. The van der Waals surface area contributed by atoms with Crippen molar-refractivity contribution >= 4 is 29.9 Å². The minimum atomic E-state index is 0. The van der Waals surface area contributed by atoms with Crippen LogP contribution < -0.4 is 10.6 Å². The summed E-state index contributed by atoms with van der Waals surface area (Å²) in [6, 6.07) is 0.445. The van der Waals surface area contributed by atoms with E-state index in [-0.39, 0.29) is 24.0 Å². The lowest BCUT2D eigenvalue weighted by atomic mass is 10.2. The first-order chi connectivity index (χ1) is 10.8. The van der Waals surface area contributed by atoms with Gasteiger partial charge in [0.1, 0.15) is 0 Å². The summed E-state index contributed by atoms with van der Waals surface area (Å²) in [5.74, 6) is 0.877. The molecular weight excluding hydrogens is 407 g/mol. The molecule has 0 aromatic carbocycles. The Kier molecular flexibility index (Phi) is 15.3. The van der Waals surface area contributed by atoms with Gasteiger partial charge in [-0.05, 0) is 20.3 Å². The van der Waals surface area contributed by atoms with E-state index in [4.69, 9.17) is 9.47 Å². The minimum Gasteiger partial charge on any atom is -0.380 e. The molecule has 0 bridgehead atoms. The molecule has 0 aromatic heterocycles. The highest BCUT2D eigenvalue weighted by Crippen LogP contribution is 2.03. The smallest absolute Gasteiger partial charge is 0.191 e. The average Bonchev–Trinajstić information content (AvgIpc) is 2.56. The fraction of sp³-hybridized carbons (Fsp3) is 0.938. The molecule has 0 spiro atoms. The number of rotatable bonds is 10. The molecule has 6 nitrogen and oxygen atoms in total. The second kappa shape index (κ2) is 15.4. The first-order valence-electron chi connectivity index (χ1n) is 8.69. The maximum absolute atomic E-state index is 5.56. The van der Waals surface area contributed by atoms with Crippen molar-refractivity contribution < 1.29 is 9.47 Å². The summed E-state index contributed by atoms with van der Waals surface area (Å²) in [6.45, 7) is 14.2. The number of guanidine groups is 1. The van der Waals surface area contributed by atoms with E-state index in [0.717, 1.165) is 71.5 Å². The van der Waals surface area contributed by atoms with Crippen molar-refractivity contribution in [3.05, 3.63) is 0 Å². The number of unbranched alkanes of at least 4 members (excludes halogenated alkanes) is 1. The van der Waals surface area contributed by atoms with Crippen molar-refractivity contribution in [2.75, 3.05) is 59.2 Å². The highest BCUT2D eigenvalue weighted by atomic mass is 127. The molecule has 1 rings (SSSR count). The number of hydrogen-bond acceptors (Lipinski definition) is 4. The first kappa shape index (κ1) is 22.9. The summed E-state index contributed by atoms with van der Waals surface area (Å²) in [5.41, 5.74) is 0. The third-order valence-electron chi connectivity index (χ3n) is 3.71. The molecule has 7 heteroatoms. The summed E-state index contributed by atoms with van der Waals surface area (Å²) < 4.78 is 10.9. The van der Waals surface area contributed by atoms with Gasteiger partial charge in [0.15, 0.2) is 5.96 Å². The van der Waals surface area contributed by atoms with E-state index >= 15 is 0 Å². The summed E-state index contributed by atoms with van der Waals surface area (Å²) in [4.78, 5) is 7.11. The van der Waals surface area contributed by atoms with E-state index in [1.54, 1.807) is 0 Å². The number of morpholine rings is 1. The van der Waals surface area contributed by atoms with Gasteiger partial charge in [0.05, 0.1) is 26.4 Å². The quantitative estimate of drug-likeness (QED) is 0.234. The van der Waals surface area contributed by atoms with Gasteiger partial charge in [-0.1, -0.05) is 13.3 Å². The molecule has 23 heavy (non-hydrogen) atoms. The van der Waals surface area contributed by atoms with E-state index in [0.29, 0.717) is 6.04 Å². The Morgan fingerprint density at radius 1 is 1.22 bits per heavy atom. The van der Waals surface area contributed by atoms with Gasteiger partial charge in [-0.25, -0.2) is 0 Å². The highest BCUT2D eigenvalue weighted by molar-refractivity contribution is 14.0. The van der Waals surface area contributed by atoms with Crippen LogP contribution in [0.1, 0.15) is 33.6 Å². The molecule has 138 valence electrons. The molecule has 0 aromatic rings. The SMILES string of the molecule is CCCCOCCNC(=NCC(C)N1CCOCC1)NCC.I. The standard InChI is InChI=1S/C16H34N4O2.HI/c1-4-6-10-21-11-7-18-16(17-5-2)19-14-15(3)20-8-12-22-13-9-20;/h15H,4-14H2,1-3H3,(H2,17,18,19);1H. The Labute approximate surface area is 158 Å². The predicted octanol–water partition coefficient (Wildman–Crippen LogP) is 1.70. The molecule has 0 saturated carbocycles. The van der Waals surface area contributed by atoms with Crippen molar-refractivity contribution in [2.45, 2.75) is 39.7 Å². The summed E-state index contributed by atoms with van der Waals surface area (Å²) in [6.07, 6.45) is 2.31. The van der Waals surface area contributed by atoms with Crippen molar-refractivity contribution in [2.24, 2.45) is 4.99 Å². The van der Waals surface area contributed by atoms with Gasteiger partial charge in [0, 0.05) is 38.8 Å². The van der Waals surface area contributed by atoms with Gasteiger partial charge in [-0.3, -0.25) is 9.89 Å². The molecule has 1 saturated heterocycles. The third-order valence-corrected chi connectivity index (χ3v) is 3.71. The molecular formula is C16H35IN4O2. The van der Waals surface area contributed by atoms with Crippen LogP contribution >= 0.6 is 24.0 Å². The topological polar surface area (TPSA) is 58.1 Å². The number of aliphatic imine (C=N–C) groups is 1. The molecule has 1 aliphatic rings.